The Morgan fingerprint density at radius 3 is 1.90 bits per heavy atom. The van der Waals surface area contributed by atoms with Crippen molar-refractivity contribution < 1.29 is 4.74 Å². The van der Waals surface area contributed by atoms with Crippen molar-refractivity contribution in [2.75, 3.05) is 0 Å². The summed E-state index contributed by atoms with van der Waals surface area (Å²) in [5.41, 5.74) is 0.324. The Hall–Kier alpha value is -0.0400. The Kier molecular flexibility index (Phi) is 1.80. The van der Waals surface area contributed by atoms with Crippen LogP contribution in [0.15, 0.2) is 0 Å². The molecule has 0 amide bonds. The third-order valence-electron chi connectivity index (χ3n) is 1.97. The van der Waals surface area contributed by atoms with Gasteiger partial charge in [-0.1, -0.05) is 6.92 Å². The van der Waals surface area contributed by atoms with Crippen LogP contribution in [-0.2, 0) is 4.74 Å². The molecule has 1 fully saturated rings. The van der Waals surface area contributed by atoms with Crippen LogP contribution in [0.25, 0.3) is 0 Å². The number of ether oxygens (including phenoxy) is 1. The van der Waals surface area contributed by atoms with E-state index in [4.69, 9.17) is 4.74 Å². The summed E-state index contributed by atoms with van der Waals surface area (Å²) in [4.78, 5) is 0. The number of hydrogen-bond acceptors (Lipinski definition) is 1. The van der Waals surface area contributed by atoms with E-state index in [0.29, 0.717) is 0 Å². The van der Waals surface area contributed by atoms with Gasteiger partial charge in [0.25, 0.3) is 0 Å². The highest BCUT2D eigenvalue weighted by Gasteiger charge is 2.44. The van der Waals surface area contributed by atoms with E-state index in [2.05, 4.69) is 27.7 Å². The van der Waals surface area contributed by atoms with Crippen LogP contribution in [0.3, 0.4) is 0 Å². The van der Waals surface area contributed by atoms with Gasteiger partial charge in [0.15, 0.2) is 0 Å². The maximum Gasteiger partial charge on any atom is 0.0689 e. The number of hydrogen-bond donors (Lipinski definition) is 0. The van der Waals surface area contributed by atoms with Gasteiger partial charge in [-0.2, -0.15) is 0 Å². The van der Waals surface area contributed by atoms with Gasteiger partial charge in [0.1, 0.15) is 0 Å². The van der Waals surface area contributed by atoms with Crippen LogP contribution in [-0.4, -0.2) is 11.2 Å². The minimum atomic E-state index is 0.0481. The lowest BCUT2D eigenvalue weighted by Crippen LogP contribution is -2.28. The molecule has 1 aliphatic carbocycles. The fourth-order valence-electron chi connectivity index (χ4n) is 1.32. The normalized spacial score (nSPS) is 22.8. The molecule has 0 radical (unpaired) electrons. The predicted molar refractivity (Wildman–Crippen MR) is 43.1 cm³/mol. The quantitative estimate of drug-likeness (QED) is 0.576. The summed E-state index contributed by atoms with van der Waals surface area (Å²) in [5.74, 6) is 0. The average Bonchev–Trinajstić information content (AvgIpc) is 2.45. The SMILES string of the molecule is CCC1(OC(C)(C)C)CC1. The van der Waals surface area contributed by atoms with Crippen molar-refractivity contribution in [3.8, 4) is 0 Å². The van der Waals surface area contributed by atoms with Crippen LogP contribution in [0.2, 0.25) is 0 Å². The summed E-state index contributed by atoms with van der Waals surface area (Å²) in [6.45, 7) is 8.59. The molecule has 1 rings (SSSR count). The van der Waals surface area contributed by atoms with Gasteiger partial charge in [-0.15, -0.1) is 0 Å². The van der Waals surface area contributed by atoms with E-state index < -0.39 is 0 Å². The van der Waals surface area contributed by atoms with Crippen molar-refractivity contribution in [1.29, 1.82) is 0 Å². The van der Waals surface area contributed by atoms with E-state index in [1.807, 2.05) is 0 Å². The van der Waals surface area contributed by atoms with Gasteiger partial charge in [-0.3, -0.25) is 0 Å². The first-order chi connectivity index (χ1) is 4.47. The van der Waals surface area contributed by atoms with Crippen LogP contribution < -0.4 is 0 Å². The third-order valence-corrected chi connectivity index (χ3v) is 1.97. The molecule has 0 aromatic heterocycles. The fourth-order valence-corrected chi connectivity index (χ4v) is 1.32. The summed E-state index contributed by atoms with van der Waals surface area (Å²) in [7, 11) is 0. The van der Waals surface area contributed by atoms with Gasteiger partial charge in [-0.25, -0.2) is 0 Å². The molecule has 0 aromatic carbocycles. The second-order valence-electron chi connectivity index (χ2n) is 4.25. The smallest absolute Gasteiger partial charge is 0.0689 e. The lowest BCUT2D eigenvalue weighted by atomic mass is 10.1. The minimum absolute atomic E-state index is 0.0481. The topological polar surface area (TPSA) is 9.23 Å². The van der Waals surface area contributed by atoms with Crippen molar-refractivity contribution in [2.24, 2.45) is 0 Å². The van der Waals surface area contributed by atoms with Crippen LogP contribution >= 0.6 is 0 Å². The molecular weight excluding hydrogens is 124 g/mol. The first-order valence-electron chi connectivity index (χ1n) is 4.18. The molecule has 0 spiro atoms. The van der Waals surface area contributed by atoms with E-state index in [0.717, 1.165) is 0 Å². The Labute approximate surface area is 63.8 Å². The molecule has 1 aliphatic rings. The van der Waals surface area contributed by atoms with Crippen LogP contribution in [0.4, 0.5) is 0 Å². The maximum absolute atomic E-state index is 5.89. The Morgan fingerprint density at radius 2 is 1.80 bits per heavy atom. The van der Waals surface area contributed by atoms with Crippen molar-refractivity contribution in [1.82, 2.24) is 0 Å². The zero-order chi connectivity index (χ0) is 7.83. The van der Waals surface area contributed by atoms with Crippen LogP contribution in [0, 0.1) is 0 Å². The molecule has 60 valence electrons. The summed E-state index contributed by atoms with van der Waals surface area (Å²) >= 11 is 0. The Morgan fingerprint density at radius 1 is 1.30 bits per heavy atom. The van der Waals surface area contributed by atoms with Gasteiger partial charge in [0.2, 0.25) is 0 Å². The lowest BCUT2D eigenvalue weighted by Gasteiger charge is -2.26. The van der Waals surface area contributed by atoms with E-state index >= 15 is 0 Å². The van der Waals surface area contributed by atoms with Gasteiger partial charge in [0.05, 0.1) is 11.2 Å². The van der Waals surface area contributed by atoms with Crippen molar-refractivity contribution >= 4 is 0 Å². The largest absolute Gasteiger partial charge is 0.369 e. The molecule has 0 bridgehead atoms. The molecule has 1 nitrogen and oxygen atoms in total. The zero-order valence-electron chi connectivity index (χ0n) is 7.53. The molecule has 0 atom stereocenters. The summed E-state index contributed by atoms with van der Waals surface area (Å²) in [6.07, 6.45) is 3.70. The summed E-state index contributed by atoms with van der Waals surface area (Å²) < 4.78 is 5.89. The second kappa shape index (κ2) is 2.23. The van der Waals surface area contributed by atoms with E-state index in [-0.39, 0.29) is 11.2 Å². The average molecular weight is 142 g/mol. The lowest BCUT2D eigenvalue weighted by molar-refractivity contribution is -0.0773. The first kappa shape index (κ1) is 8.06. The summed E-state index contributed by atoms with van der Waals surface area (Å²) in [5, 5.41) is 0. The Bertz CT molecular complexity index is 117. The van der Waals surface area contributed by atoms with Crippen molar-refractivity contribution in [3.05, 3.63) is 0 Å². The molecular formula is C9H18O. The maximum atomic E-state index is 5.89. The molecule has 0 saturated heterocycles. The Balaban J connectivity index is 2.38. The molecule has 0 heterocycles. The monoisotopic (exact) mass is 142 g/mol. The molecule has 0 N–H and O–H groups in total. The van der Waals surface area contributed by atoms with Crippen molar-refractivity contribution in [3.63, 3.8) is 0 Å². The van der Waals surface area contributed by atoms with Gasteiger partial charge in [0, 0.05) is 0 Å². The predicted octanol–water partition coefficient (Wildman–Crippen LogP) is 2.74. The first-order valence-corrected chi connectivity index (χ1v) is 4.18. The van der Waals surface area contributed by atoms with Crippen molar-refractivity contribution in [2.45, 2.75) is 58.2 Å². The molecule has 0 aromatic rings. The standard InChI is InChI=1S/C9H18O/c1-5-9(6-7-9)10-8(2,3)4/h5-7H2,1-4H3. The van der Waals surface area contributed by atoms with Gasteiger partial charge < -0.3 is 4.74 Å². The third kappa shape index (κ3) is 1.98. The molecule has 1 heteroatoms. The van der Waals surface area contributed by atoms with E-state index in [1.54, 1.807) is 0 Å². The van der Waals surface area contributed by atoms with Crippen LogP contribution in [0.5, 0.6) is 0 Å². The number of rotatable bonds is 2. The molecule has 10 heavy (non-hydrogen) atoms. The highest BCUT2D eigenvalue weighted by molar-refractivity contribution is 4.96. The van der Waals surface area contributed by atoms with E-state index in [1.165, 1.54) is 19.3 Å². The second-order valence-corrected chi connectivity index (χ2v) is 4.25. The summed E-state index contributed by atoms with van der Waals surface area (Å²) in [6, 6.07) is 0. The van der Waals surface area contributed by atoms with E-state index in [9.17, 15) is 0 Å². The molecule has 1 saturated carbocycles. The molecule has 0 unspecified atom stereocenters. The van der Waals surface area contributed by atoms with Gasteiger partial charge >= 0.3 is 0 Å². The minimum Gasteiger partial charge on any atom is -0.369 e. The fraction of sp³-hybridized carbons (Fsp3) is 1.00. The van der Waals surface area contributed by atoms with Gasteiger partial charge in [-0.05, 0) is 40.0 Å². The van der Waals surface area contributed by atoms with Crippen LogP contribution in [0.1, 0.15) is 47.0 Å². The highest BCUT2D eigenvalue weighted by Crippen LogP contribution is 2.45. The zero-order valence-corrected chi connectivity index (χ0v) is 7.53. The highest BCUT2D eigenvalue weighted by atomic mass is 16.5. The molecule has 0 aliphatic heterocycles.